The van der Waals surface area contributed by atoms with Gasteiger partial charge in [-0.05, 0) is 12.1 Å². The number of methoxy groups -OCH3 is 3. The lowest BCUT2D eigenvalue weighted by Gasteiger charge is -2.08. The molecule has 0 aliphatic heterocycles. The quantitative estimate of drug-likeness (QED) is 0.831. The molecule has 2 rings (SSSR count). The van der Waals surface area contributed by atoms with Crippen LogP contribution in [0.2, 0.25) is 0 Å². The van der Waals surface area contributed by atoms with Gasteiger partial charge in [0, 0.05) is 35.5 Å². The van der Waals surface area contributed by atoms with Crippen molar-refractivity contribution in [2.75, 3.05) is 26.6 Å². The highest BCUT2D eigenvalue weighted by Crippen LogP contribution is 2.26. The zero-order valence-electron chi connectivity index (χ0n) is 13.3. The van der Waals surface area contributed by atoms with Crippen molar-refractivity contribution in [2.24, 2.45) is 0 Å². The third-order valence-corrected chi connectivity index (χ3v) is 3.17. The van der Waals surface area contributed by atoms with E-state index in [1.807, 2.05) is 24.3 Å². The van der Waals surface area contributed by atoms with Crippen molar-refractivity contribution in [3.8, 4) is 17.2 Å². The summed E-state index contributed by atoms with van der Waals surface area (Å²) in [5.41, 5.74) is 1.42. The number of para-hydroxylation sites is 1. The minimum absolute atomic E-state index is 0.258. The Morgan fingerprint density at radius 3 is 2.22 bits per heavy atom. The molecule has 0 aliphatic carbocycles. The Kier molecular flexibility index (Phi) is 5.63. The molecule has 5 heteroatoms. The van der Waals surface area contributed by atoms with Crippen LogP contribution in [-0.4, -0.2) is 27.2 Å². The zero-order chi connectivity index (χ0) is 16.7. The van der Waals surface area contributed by atoms with Crippen LogP contribution in [0.15, 0.2) is 48.5 Å². The van der Waals surface area contributed by atoms with Gasteiger partial charge in [0.2, 0.25) is 5.91 Å². The number of carbonyl (C=O) groups is 1. The van der Waals surface area contributed by atoms with E-state index in [4.69, 9.17) is 14.2 Å². The summed E-state index contributed by atoms with van der Waals surface area (Å²) >= 11 is 0. The predicted molar refractivity (Wildman–Crippen MR) is 90.2 cm³/mol. The predicted octanol–water partition coefficient (Wildman–Crippen LogP) is 3.36. The topological polar surface area (TPSA) is 56.8 Å². The van der Waals surface area contributed by atoms with Gasteiger partial charge in [-0.15, -0.1) is 0 Å². The molecule has 0 aliphatic rings. The van der Waals surface area contributed by atoms with Gasteiger partial charge < -0.3 is 19.5 Å². The molecule has 0 saturated carbocycles. The fourth-order valence-corrected chi connectivity index (χ4v) is 2.03. The Morgan fingerprint density at radius 1 is 0.957 bits per heavy atom. The summed E-state index contributed by atoms with van der Waals surface area (Å²) in [6.45, 7) is 0. The first-order chi connectivity index (χ1) is 11.2. The van der Waals surface area contributed by atoms with Gasteiger partial charge >= 0.3 is 0 Å². The molecule has 0 unspecified atom stereocenters. The van der Waals surface area contributed by atoms with E-state index in [9.17, 15) is 4.79 Å². The lowest BCUT2D eigenvalue weighted by Crippen LogP contribution is -2.08. The van der Waals surface area contributed by atoms with Crippen LogP contribution in [0.5, 0.6) is 17.2 Å². The summed E-state index contributed by atoms with van der Waals surface area (Å²) in [7, 11) is 4.71. The van der Waals surface area contributed by atoms with E-state index in [1.54, 1.807) is 45.6 Å². The van der Waals surface area contributed by atoms with E-state index in [2.05, 4.69) is 5.32 Å². The molecule has 23 heavy (non-hydrogen) atoms. The van der Waals surface area contributed by atoms with Gasteiger partial charge in [0.05, 0.1) is 21.3 Å². The van der Waals surface area contributed by atoms with Gasteiger partial charge in [-0.3, -0.25) is 4.79 Å². The van der Waals surface area contributed by atoms with E-state index in [0.29, 0.717) is 22.9 Å². The molecule has 0 fully saturated rings. The molecule has 0 atom stereocenters. The maximum atomic E-state index is 12.1. The number of carbonyl (C=O) groups excluding carboxylic acids is 1. The standard InChI is InChI=1S/C18H19NO4/c1-21-15-10-14(11-16(12-15)22-2)19-18(20)9-8-13-6-4-5-7-17(13)23-3/h4-12H,1-3H3,(H,19,20). The number of nitrogens with one attached hydrogen (secondary N) is 1. The van der Waals surface area contributed by atoms with Gasteiger partial charge in [0.15, 0.2) is 0 Å². The van der Waals surface area contributed by atoms with E-state index in [1.165, 1.54) is 6.08 Å². The fraction of sp³-hybridized carbons (Fsp3) is 0.167. The molecule has 1 N–H and O–H groups in total. The van der Waals surface area contributed by atoms with Crippen LogP contribution in [0.3, 0.4) is 0 Å². The zero-order valence-corrected chi connectivity index (χ0v) is 13.3. The van der Waals surface area contributed by atoms with Gasteiger partial charge in [0.25, 0.3) is 0 Å². The molecule has 0 saturated heterocycles. The van der Waals surface area contributed by atoms with Crippen molar-refractivity contribution < 1.29 is 19.0 Å². The molecule has 2 aromatic rings. The van der Waals surface area contributed by atoms with Gasteiger partial charge in [-0.1, -0.05) is 18.2 Å². The third kappa shape index (κ3) is 4.51. The first-order valence-electron chi connectivity index (χ1n) is 7.01. The van der Waals surface area contributed by atoms with Crippen LogP contribution in [0.25, 0.3) is 6.08 Å². The van der Waals surface area contributed by atoms with E-state index >= 15 is 0 Å². The molecule has 5 nitrogen and oxygen atoms in total. The number of benzene rings is 2. The lowest BCUT2D eigenvalue weighted by molar-refractivity contribution is -0.111. The first-order valence-corrected chi connectivity index (χ1v) is 7.01. The Labute approximate surface area is 135 Å². The largest absolute Gasteiger partial charge is 0.497 e. The van der Waals surface area contributed by atoms with Crippen molar-refractivity contribution in [3.05, 3.63) is 54.1 Å². The highest BCUT2D eigenvalue weighted by molar-refractivity contribution is 6.02. The number of ether oxygens (including phenoxy) is 3. The summed E-state index contributed by atoms with van der Waals surface area (Å²) in [6.07, 6.45) is 3.15. The van der Waals surface area contributed by atoms with Gasteiger partial charge in [-0.25, -0.2) is 0 Å². The Bertz CT molecular complexity index is 688. The molecule has 0 heterocycles. The second-order valence-electron chi connectivity index (χ2n) is 4.67. The first kappa shape index (κ1) is 16.4. The summed E-state index contributed by atoms with van der Waals surface area (Å²) in [5.74, 6) is 1.66. The summed E-state index contributed by atoms with van der Waals surface area (Å²) in [6, 6.07) is 12.6. The van der Waals surface area contributed by atoms with Crippen LogP contribution in [0.4, 0.5) is 5.69 Å². The lowest BCUT2D eigenvalue weighted by atomic mass is 10.2. The second-order valence-corrected chi connectivity index (χ2v) is 4.67. The van der Waals surface area contributed by atoms with E-state index in [0.717, 1.165) is 5.56 Å². The van der Waals surface area contributed by atoms with Crippen molar-refractivity contribution in [2.45, 2.75) is 0 Å². The average Bonchev–Trinajstić information content (AvgIpc) is 2.59. The molecule has 1 amide bonds. The summed E-state index contributed by atoms with van der Waals surface area (Å²) in [5, 5.41) is 2.77. The molecular formula is C18H19NO4. The maximum absolute atomic E-state index is 12.1. The summed E-state index contributed by atoms with van der Waals surface area (Å²) in [4.78, 5) is 12.1. The Hall–Kier alpha value is -2.95. The van der Waals surface area contributed by atoms with Crippen LogP contribution in [0.1, 0.15) is 5.56 Å². The van der Waals surface area contributed by atoms with Crippen LogP contribution >= 0.6 is 0 Å². The fourth-order valence-electron chi connectivity index (χ4n) is 2.03. The van der Waals surface area contributed by atoms with Crippen molar-refractivity contribution >= 4 is 17.7 Å². The molecule has 0 radical (unpaired) electrons. The number of rotatable bonds is 6. The molecule has 2 aromatic carbocycles. The highest BCUT2D eigenvalue weighted by Gasteiger charge is 2.04. The van der Waals surface area contributed by atoms with E-state index in [-0.39, 0.29) is 5.91 Å². The highest BCUT2D eigenvalue weighted by atomic mass is 16.5. The average molecular weight is 313 g/mol. The van der Waals surface area contributed by atoms with Gasteiger partial charge in [0.1, 0.15) is 17.2 Å². The maximum Gasteiger partial charge on any atom is 0.248 e. The number of hydrogen-bond acceptors (Lipinski definition) is 4. The molecule has 120 valence electrons. The van der Waals surface area contributed by atoms with Crippen molar-refractivity contribution in [1.29, 1.82) is 0 Å². The molecule has 0 spiro atoms. The smallest absolute Gasteiger partial charge is 0.248 e. The summed E-state index contributed by atoms with van der Waals surface area (Å²) < 4.78 is 15.6. The Balaban J connectivity index is 2.11. The van der Waals surface area contributed by atoms with Crippen LogP contribution < -0.4 is 19.5 Å². The number of amides is 1. The van der Waals surface area contributed by atoms with Crippen LogP contribution in [0, 0.1) is 0 Å². The second kappa shape index (κ2) is 7.89. The minimum atomic E-state index is -0.258. The normalized spacial score (nSPS) is 10.4. The van der Waals surface area contributed by atoms with E-state index < -0.39 is 0 Å². The monoisotopic (exact) mass is 313 g/mol. The molecule has 0 aromatic heterocycles. The van der Waals surface area contributed by atoms with Crippen molar-refractivity contribution in [3.63, 3.8) is 0 Å². The van der Waals surface area contributed by atoms with Gasteiger partial charge in [-0.2, -0.15) is 0 Å². The Morgan fingerprint density at radius 2 is 1.61 bits per heavy atom. The minimum Gasteiger partial charge on any atom is -0.497 e. The molecular weight excluding hydrogens is 294 g/mol. The van der Waals surface area contributed by atoms with Crippen molar-refractivity contribution in [1.82, 2.24) is 0 Å². The number of anilines is 1. The number of hydrogen-bond donors (Lipinski definition) is 1. The third-order valence-electron chi connectivity index (χ3n) is 3.17. The SMILES string of the molecule is COc1cc(NC(=O)C=Cc2ccccc2OC)cc(OC)c1. The van der Waals surface area contributed by atoms with Crippen LogP contribution in [-0.2, 0) is 4.79 Å². The molecule has 0 bridgehead atoms.